The van der Waals surface area contributed by atoms with E-state index in [2.05, 4.69) is 22.2 Å². The van der Waals surface area contributed by atoms with E-state index >= 15 is 0 Å². The summed E-state index contributed by atoms with van der Waals surface area (Å²) in [6, 6.07) is 0. The lowest BCUT2D eigenvalue weighted by Gasteiger charge is -2.20. The van der Waals surface area contributed by atoms with Crippen LogP contribution in [0.1, 0.15) is 44.2 Å². The van der Waals surface area contributed by atoms with E-state index in [-0.39, 0.29) is 5.91 Å². The van der Waals surface area contributed by atoms with E-state index in [4.69, 9.17) is 0 Å². The highest BCUT2D eigenvalue weighted by atomic mass is 32.1. The fraction of sp³-hybridized carbons (Fsp3) is 0.500. The summed E-state index contributed by atoms with van der Waals surface area (Å²) in [5, 5.41) is 5.79. The zero-order valence-corrected chi connectivity index (χ0v) is 14.3. The number of thiophene rings is 1. The van der Waals surface area contributed by atoms with Gasteiger partial charge in [-0.3, -0.25) is 10.1 Å². The lowest BCUT2D eigenvalue weighted by atomic mass is 9.96. The van der Waals surface area contributed by atoms with Crippen LogP contribution in [0.15, 0.2) is 5.38 Å². The highest BCUT2D eigenvalue weighted by Crippen LogP contribution is 2.32. The maximum atomic E-state index is 12.6. The quantitative estimate of drug-likeness (QED) is 0.917. The molecule has 3 heterocycles. The summed E-state index contributed by atoms with van der Waals surface area (Å²) in [6.45, 7) is 1.98. The van der Waals surface area contributed by atoms with Gasteiger partial charge in [0.1, 0.15) is 0 Å². The number of amides is 1. The van der Waals surface area contributed by atoms with Crippen molar-refractivity contribution in [2.45, 2.75) is 38.6 Å². The lowest BCUT2D eigenvalue weighted by molar-refractivity contribution is 0.102. The van der Waals surface area contributed by atoms with Crippen LogP contribution in [-0.4, -0.2) is 29.4 Å². The standard InChI is InChI=1S/C16H19N3OS2/c1-19-7-6-12-14(8-19)22-16(17-12)18-15(20)11-9-21-13-5-3-2-4-10(11)13/h9H,2-8H2,1H3,(H,17,18,20). The highest BCUT2D eigenvalue weighted by molar-refractivity contribution is 7.16. The Hall–Kier alpha value is -1.24. The van der Waals surface area contributed by atoms with Gasteiger partial charge in [-0.1, -0.05) is 0 Å². The van der Waals surface area contributed by atoms with Gasteiger partial charge in [0.15, 0.2) is 5.13 Å². The SMILES string of the molecule is CN1CCc2nc(NC(=O)c3csc4c3CCCC4)sc2C1. The summed E-state index contributed by atoms with van der Waals surface area (Å²) in [5.41, 5.74) is 3.30. The Morgan fingerprint density at radius 1 is 1.27 bits per heavy atom. The minimum atomic E-state index is 0.0128. The first kappa shape index (κ1) is 14.4. The molecule has 1 aliphatic heterocycles. The van der Waals surface area contributed by atoms with E-state index in [0.29, 0.717) is 0 Å². The summed E-state index contributed by atoms with van der Waals surface area (Å²) in [5.74, 6) is 0.0128. The lowest BCUT2D eigenvalue weighted by Crippen LogP contribution is -2.25. The third kappa shape index (κ3) is 2.59. The zero-order valence-electron chi connectivity index (χ0n) is 12.6. The van der Waals surface area contributed by atoms with Crippen molar-refractivity contribution in [3.05, 3.63) is 32.0 Å². The van der Waals surface area contributed by atoms with Crippen LogP contribution < -0.4 is 5.32 Å². The van der Waals surface area contributed by atoms with Crippen LogP contribution in [0, 0.1) is 0 Å². The Morgan fingerprint density at radius 2 is 2.14 bits per heavy atom. The smallest absolute Gasteiger partial charge is 0.258 e. The zero-order chi connectivity index (χ0) is 15.1. The monoisotopic (exact) mass is 333 g/mol. The Balaban J connectivity index is 1.54. The molecular formula is C16H19N3OS2. The molecule has 2 aliphatic rings. The van der Waals surface area contributed by atoms with E-state index in [1.165, 1.54) is 28.2 Å². The predicted octanol–water partition coefficient (Wildman–Crippen LogP) is 3.32. The maximum Gasteiger partial charge on any atom is 0.258 e. The van der Waals surface area contributed by atoms with Crippen molar-refractivity contribution in [3.63, 3.8) is 0 Å². The van der Waals surface area contributed by atoms with Crippen LogP contribution in [0.5, 0.6) is 0 Å². The van der Waals surface area contributed by atoms with Gasteiger partial charge in [-0.2, -0.15) is 0 Å². The van der Waals surface area contributed by atoms with Crippen LogP contribution in [0.3, 0.4) is 0 Å². The second-order valence-corrected chi connectivity index (χ2v) is 8.14. The molecule has 0 aromatic carbocycles. The molecule has 0 saturated carbocycles. The first-order valence-electron chi connectivity index (χ1n) is 7.78. The third-order valence-corrected chi connectivity index (χ3v) is 6.53. The van der Waals surface area contributed by atoms with E-state index in [0.717, 1.165) is 48.7 Å². The molecule has 22 heavy (non-hydrogen) atoms. The molecule has 0 spiro atoms. The Kier molecular flexibility index (Phi) is 3.76. The molecule has 1 amide bonds. The summed E-state index contributed by atoms with van der Waals surface area (Å²) < 4.78 is 0. The van der Waals surface area contributed by atoms with Crippen LogP contribution in [0.25, 0.3) is 0 Å². The minimum Gasteiger partial charge on any atom is -0.301 e. The molecule has 4 nitrogen and oxygen atoms in total. The molecule has 0 saturated heterocycles. The normalized spacial score (nSPS) is 17.9. The van der Waals surface area contributed by atoms with Gasteiger partial charge in [0.25, 0.3) is 5.91 Å². The molecule has 4 rings (SSSR count). The van der Waals surface area contributed by atoms with E-state index in [1.54, 1.807) is 22.7 Å². The minimum absolute atomic E-state index is 0.0128. The molecule has 2 aromatic heterocycles. The number of thiazole rings is 1. The van der Waals surface area contributed by atoms with Gasteiger partial charge < -0.3 is 4.90 Å². The van der Waals surface area contributed by atoms with Crippen molar-refractivity contribution < 1.29 is 4.79 Å². The van der Waals surface area contributed by atoms with Gasteiger partial charge in [0.05, 0.1) is 11.3 Å². The van der Waals surface area contributed by atoms with Crippen molar-refractivity contribution >= 4 is 33.7 Å². The second kappa shape index (κ2) is 5.76. The van der Waals surface area contributed by atoms with Crippen molar-refractivity contribution in [2.75, 3.05) is 18.9 Å². The Bertz CT molecular complexity index is 719. The first-order chi connectivity index (χ1) is 10.7. The first-order valence-corrected chi connectivity index (χ1v) is 9.48. The number of aromatic nitrogens is 1. The van der Waals surface area contributed by atoms with Gasteiger partial charge in [-0.15, -0.1) is 22.7 Å². The van der Waals surface area contributed by atoms with Crippen LogP contribution >= 0.6 is 22.7 Å². The van der Waals surface area contributed by atoms with Crippen LogP contribution in [0.2, 0.25) is 0 Å². The van der Waals surface area contributed by atoms with Crippen LogP contribution in [-0.2, 0) is 25.8 Å². The number of anilines is 1. The summed E-state index contributed by atoms with van der Waals surface area (Å²) >= 11 is 3.35. The van der Waals surface area contributed by atoms with E-state index in [9.17, 15) is 4.79 Å². The van der Waals surface area contributed by atoms with Crippen molar-refractivity contribution in [2.24, 2.45) is 0 Å². The average molecular weight is 333 g/mol. The number of rotatable bonds is 2. The molecule has 2 aromatic rings. The van der Waals surface area contributed by atoms with E-state index < -0.39 is 0 Å². The Morgan fingerprint density at radius 3 is 3.05 bits per heavy atom. The molecule has 116 valence electrons. The fourth-order valence-electron chi connectivity index (χ4n) is 3.23. The topological polar surface area (TPSA) is 45.2 Å². The number of hydrogen-bond donors (Lipinski definition) is 1. The predicted molar refractivity (Wildman–Crippen MR) is 91.1 cm³/mol. The van der Waals surface area contributed by atoms with Gasteiger partial charge in [-0.25, -0.2) is 4.98 Å². The number of carbonyl (C=O) groups is 1. The molecule has 0 radical (unpaired) electrons. The number of hydrogen-bond acceptors (Lipinski definition) is 5. The molecule has 0 unspecified atom stereocenters. The number of nitrogens with zero attached hydrogens (tertiary/aromatic N) is 2. The van der Waals surface area contributed by atoms with E-state index in [1.807, 2.05) is 5.38 Å². The van der Waals surface area contributed by atoms with Gasteiger partial charge in [0, 0.05) is 34.6 Å². The molecule has 6 heteroatoms. The number of nitrogens with one attached hydrogen (secondary N) is 1. The summed E-state index contributed by atoms with van der Waals surface area (Å²) in [6.07, 6.45) is 5.60. The largest absolute Gasteiger partial charge is 0.301 e. The number of likely N-dealkylation sites (N-methyl/N-ethyl adjacent to an activating group) is 1. The number of fused-ring (bicyclic) bond motifs is 2. The maximum absolute atomic E-state index is 12.6. The molecule has 1 aliphatic carbocycles. The number of aryl methyl sites for hydroxylation is 1. The van der Waals surface area contributed by atoms with Gasteiger partial charge in [-0.05, 0) is 38.3 Å². The van der Waals surface area contributed by atoms with Gasteiger partial charge in [0.2, 0.25) is 0 Å². The number of carbonyl (C=O) groups excluding carboxylic acids is 1. The Labute approximate surface area is 138 Å². The summed E-state index contributed by atoms with van der Waals surface area (Å²) in [4.78, 5) is 22.2. The average Bonchev–Trinajstić information content (AvgIpc) is 3.09. The molecule has 0 atom stereocenters. The molecule has 0 bridgehead atoms. The van der Waals surface area contributed by atoms with Crippen molar-refractivity contribution in [1.29, 1.82) is 0 Å². The molecular weight excluding hydrogens is 314 g/mol. The van der Waals surface area contributed by atoms with Crippen LogP contribution in [0.4, 0.5) is 5.13 Å². The molecule has 1 N–H and O–H groups in total. The molecule has 0 fully saturated rings. The third-order valence-electron chi connectivity index (χ3n) is 4.45. The fourth-order valence-corrected chi connectivity index (χ4v) is 5.43. The van der Waals surface area contributed by atoms with Crippen molar-refractivity contribution in [3.8, 4) is 0 Å². The van der Waals surface area contributed by atoms with Crippen molar-refractivity contribution in [1.82, 2.24) is 9.88 Å². The second-order valence-electron chi connectivity index (χ2n) is 6.09. The van der Waals surface area contributed by atoms with Gasteiger partial charge >= 0.3 is 0 Å². The highest BCUT2D eigenvalue weighted by Gasteiger charge is 2.23. The summed E-state index contributed by atoms with van der Waals surface area (Å²) in [7, 11) is 2.12.